The van der Waals surface area contributed by atoms with E-state index in [1.54, 1.807) is 4.90 Å². The minimum atomic E-state index is -0.599. The maximum Gasteiger partial charge on any atom is 0.302 e. The summed E-state index contributed by atoms with van der Waals surface area (Å²) in [6.45, 7) is 2.55. The number of fused-ring (bicyclic) bond motifs is 2. The number of nitrogens with zero attached hydrogens (tertiary/aromatic N) is 2. The Morgan fingerprint density at radius 1 is 1.40 bits per heavy atom. The molecular weight excluding hydrogens is 326 g/mol. The maximum atomic E-state index is 11.8. The topological polar surface area (TPSA) is 100 Å². The highest BCUT2D eigenvalue weighted by molar-refractivity contribution is 6.07. The molecule has 8 nitrogen and oxygen atoms in total. The lowest BCUT2D eigenvalue weighted by atomic mass is 10.1. The van der Waals surface area contributed by atoms with Crippen LogP contribution in [0.3, 0.4) is 0 Å². The van der Waals surface area contributed by atoms with Gasteiger partial charge in [0.05, 0.1) is 25.5 Å². The van der Waals surface area contributed by atoms with Crippen molar-refractivity contribution >= 4 is 23.5 Å². The lowest BCUT2D eigenvalue weighted by molar-refractivity contribution is -0.141. The molecule has 1 fully saturated rings. The first-order valence-electron chi connectivity index (χ1n) is 8.24. The number of rotatable bonds is 7. The maximum absolute atomic E-state index is 11.8. The number of aliphatic imine (C=N–C) groups is 1. The fourth-order valence-corrected chi connectivity index (χ4v) is 2.81. The first-order valence-corrected chi connectivity index (χ1v) is 8.24. The largest absolute Gasteiger partial charge is 0.494 e. The van der Waals surface area contributed by atoms with E-state index in [4.69, 9.17) is 9.47 Å². The van der Waals surface area contributed by atoms with Gasteiger partial charge < -0.3 is 19.5 Å². The number of hydrogen-bond acceptors (Lipinski definition) is 7. The molecule has 134 valence electrons. The summed E-state index contributed by atoms with van der Waals surface area (Å²) in [6, 6.07) is 4.99. The third-order valence-corrected chi connectivity index (χ3v) is 4.09. The monoisotopic (exact) mass is 347 g/mol. The molecule has 0 aliphatic carbocycles. The Kier molecular flexibility index (Phi) is 5.18. The van der Waals surface area contributed by atoms with Gasteiger partial charge in [-0.2, -0.15) is 0 Å². The van der Waals surface area contributed by atoms with Crippen LogP contribution in [-0.2, 0) is 20.9 Å². The van der Waals surface area contributed by atoms with Gasteiger partial charge in [-0.3, -0.25) is 14.9 Å². The van der Waals surface area contributed by atoms with Crippen molar-refractivity contribution in [1.29, 1.82) is 0 Å². The molecule has 0 radical (unpaired) electrons. The van der Waals surface area contributed by atoms with Crippen LogP contribution in [0.2, 0.25) is 0 Å². The molecule has 1 atom stereocenters. The quantitative estimate of drug-likeness (QED) is 0.556. The highest BCUT2D eigenvalue weighted by Gasteiger charge is 2.38. The zero-order valence-electron chi connectivity index (χ0n) is 14.0. The number of unbranched alkanes of at least 4 members (excludes halogenated alkanes) is 1. The highest BCUT2D eigenvalue weighted by Crippen LogP contribution is 2.31. The lowest BCUT2D eigenvalue weighted by Crippen LogP contribution is -2.39. The van der Waals surface area contributed by atoms with Crippen molar-refractivity contribution in [1.82, 2.24) is 10.2 Å². The van der Waals surface area contributed by atoms with Gasteiger partial charge in [-0.25, -0.2) is 4.99 Å². The number of ether oxygens (including phenoxy) is 2. The zero-order chi connectivity index (χ0) is 17.8. The molecule has 2 heterocycles. The van der Waals surface area contributed by atoms with Gasteiger partial charge in [0.2, 0.25) is 5.96 Å². The molecule has 3 rings (SSSR count). The van der Waals surface area contributed by atoms with Crippen molar-refractivity contribution < 1.29 is 24.2 Å². The van der Waals surface area contributed by atoms with Gasteiger partial charge in [-0.1, -0.05) is 0 Å². The van der Waals surface area contributed by atoms with E-state index >= 15 is 0 Å². The van der Waals surface area contributed by atoms with Crippen molar-refractivity contribution in [3.05, 3.63) is 23.8 Å². The normalized spacial score (nSPS) is 18.2. The van der Waals surface area contributed by atoms with Crippen molar-refractivity contribution in [3.8, 4) is 5.75 Å². The van der Waals surface area contributed by atoms with Crippen LogP contribution in [0.5, 0.6) is 5.75 Å². The van der Waals surface area contributed by atoms with E-state index in [-0.39, 0.29) is 18.5 Å². The van der Waals surface area contributed by atoms with Crippen LogP contribution in [0.25, 0.3) is 0 Å². The van der Waals surface area contributed by atoms with Crippen LogP contribution < -0.4 is 10.1 Å². The summed E-state index contributed by atoms with van der Waals surface area (Å²) < 4.78 is 10.6. The van der Waals surface area contributed by atoms with Crippen molar-refractivity contribution in [2.45, 2.75) is 32.4 Å². The molecule has 0 saturated carbocycles. The first kappa shape index (κ1) is 17.2. The molecule has 2 aliphatic heterocycles. The summed E-state index contributed by atoms with van der Waals surface area (Å²) in [6.07, 6.45) is 1.53. The Balaban J connectivity index is 1.57. The van der Waals surface area contributed by atoms with Crippen molar-refractivity contribution in [2.24, 2.45) is 4.99 Å². The van der Waals surface area contributed by atoms with E-state index in [1.165, 1.54) is 6.92 Å². The Bertz CT molecular complexity index is 704. The second kappa shape index (κ2) is 7.52. The SMILES string of the molecule is CC(=O)OCCCCOc1ccc2c(c1)CN1C(=N2)NC(=O)C1CO. The Morgan fingerprint density at radius 3 is 2.96 bits per heavy atom. The minimum absolute atomic E-state index is 0.238. The molecule has 0 bridgehead atoms. The lowest BCUT2D eigenvalue weighted by Gasteiger charge is -2.27. The van der Waals surface area contributed by atoms with Crippen molar-refractivity contribution in [3.63, 3.8) is 0 Å². The summed E-state index contributed by atoms with van der Waals surface area (Å²) in [7, 11) is 0. The molecule has 2 aliphatic rings. The molecule has 1 aromatic rings. The average Bonchev–Trinajstić information content (AvgIpc) is 2.89. The predicted octanol–water partition coefficient (Wildman–Crippen LogP) is 0.702. The number of carbonyl (C=O) groups excluding carboxylic acids is 2. The van der Waals surface area contributed by atoms with Gasteiger partial charge in [0, 0.05) is 19.0 Å². The molecule has 1 unspecified atom stereocenters. The van der Waals surface area contributed by atoms with Gasteiger partial charge in [0.15, 0.2) is 0 Å². The molecule has 1 aromatic carbocycles. The molecule has 8 heteroatoms. The van der Waals surface area contributed by atoms with E-state index in [2.05, 4.69) is 10.3 Å². The van der Waals surface area contributed by atoms with E-state index in [0.717, 1.165) is 29.8 Å². The van der Waals surface area contributed by atoms with Crippen LogP contribution >= 0.6 is 0 Å². The van der Waals surface area contributed by atoms with Gasteiger partial charge >= 0.3 is 5.97 Å². The number of guanidine groups is 1. The zero-order valence-corrected chi connectivity index (χ0v) is 14.0. The third-order valence-electron chi connectivity index (χ3n) is 4.09. The molecular formula is C17H21N3O5. The van der Waals surface area contributed by atoms with Gasteiger partial charge in [0.25, 0.3) is 5.91 Å². The summed E-state index contributed by atoms with van der Waals surface area (Å²) in [5, 5.41) is 12.1. The molecule has 2 N–H and O–H groups in total. The van der Waals surface area contributed by atoms with E-state index in [1.807, 2.05) is 18.2 Å². The smallest absolute Gasteiger partial charge is 0.302 e. The van der Waals surface area contributed by atoms with Crippen molar-refractivity contribution in [2.75, 3.05) is 19.8 Å². The van der Waals surface area contributed by atoms with Crippen LogP contribution in [0.4, 0.5) is 5.69 Å². The number of amides is 1. The van der Waals surface area contributed by atoms with Crippen LogP contribution in [0.15, 0.2) is 23.2 Å². The predicted molar refractivity (Wildman–Crippen MR) is 89.5 cm³/mol. The van der Waals surface area contributed by atoms with Crippen LogP contribution in [0.1, 0.15) is 25.3 Å². The number of esters is 1. The molecule has 1 amide bonds. The summed E-state index contributed by atoms with van der Waals surface area (Å²) >= 11 is 0. The highest BCUT2D eigenvalue weighted by atomic mass is 16.5. The number of aliphatic hydroxyl groups excluding tert-OH is 1. The van der Waals surface area contributed by atoms with Gasteiger partial charge in [-0.15, -0.1) is 0 Å². The average molecular weight is 347 g/mol. The molecule has 0 aromatic heterocycles. The summed E-state index contributed by atoms with van der Waals surface area (Å²) in [5.74, 6) is 0.699. The van der Waals surface area contributed by atoms with Crippen LogP contribution in [0, 0.1) is 0 Å². The molecule has 25 heavy (non-hydrogen) atoms. The fourth-order valence-electron chi connectivity index (χ4n) is 2.81. The fraction of sp³-hybridized carbons (Fsp3) is 0.471. The van der Waals surface area contributed by atoms with Gasteiger partial charge in [0.1, 0.15) is 11.8 Å². The summed E-state index contributed by atoms with van der Waals surface area (Å²) in [4.78, 5) is 28.7. The van der Waals surface area contributed by atoms with E-state index < -0.39 is 6.04 Å². The molecule has 0 spiro atoms. The summed E-state index contributed by atoms with van der Waals surface area (Å²) in [5.41, 5.74) is 1.73. The number of aliphatic hydroxyl groups is 1. The second-order valence-electron chi connectivity index (χ2n) is 5.94. The number of benzene rings is 1. The Hall–Kier alpha value is -2.61. The minimum Gasteiger partial charge on any atom is -0.494 e. The number of nitrogens with one attached hydrogen (secondary N) is 1. The number of carbonyl (C=O) groups is 2. The standard InChI is InChI=1S/C17H21N3O5/c1-11(22)24-6-2-3-7-25-13-4-5-14-12(8-13)9-20-15(10-21)16(23)19-17(20)18-14/h4-5,8,15,21H,2-3,6-7,9-10H2,1H3,(H,18,19,23). The third kappa shape index (κ3) is 3.90. The molecule has 1 saturated heterocycles. The van der Waals surface area contributed by atoms with Gasteiger partial charge in [-0.05, 0) is 31.0 Å². The van der Waals surface area contributed by atoms with Crippen LogP contribution in [-0.4, -0.2) is 53.7 Å². The first-order chi connectivity index (χ1) is 12.1. The Labute approximate surface area is 145 Å². The van der Waals surface area contributed by atoms with E-state index in [9.17, 15) is 14.7 Å². The second-order valence-corrected chi connectivity index (χ2v) is 5.94. The number of hydrogen-bond donors (Lipinski definition) is 2. The Morgan fingerprint density at radius 2 is 2.20 bits per heavy atom. The van der Waals surface area contributed by atoms with E-state index in [0.29, 0.717) is 25.7 Å².